The minimum atomic E-state index is -3.61. The van der Waals surface area contributed by atoms with Crippen molar-refractivity contribution in [2.24, 2.45) is 0 Å². The Kier molecular flexibility index (Phi) is 3.72. The average Bonchev–Trinajstić information content (AvgIpc) is 2.75. The van der Waals surface area contributed by atoms with Crippen molar-refractivity contribution in [3.05, 3.63) is 29.8 Å². The minimum Gasteiger partial charge on any atom is -0.314 e. The van der Waals surface area contributed by atoms with Crippen molar-refractivity contribution >= 4 is 21.8 Å². The van der Waals surface area contributed by atoms with Crippen LogP contribution in [0.25, 0.3) is 0 Å². The topological polar surface area (TPSA) is 107 Å². The molecule has 3 amide bonds. The van der Waals surface area contributed by atoms with E-state index in [1.807, 2.05) is 6.07 Å². The van der Waals surface area contributed by atoms with E-state index in [4.69, 9.17) is 5.26 Å². The molecular weight excluding hydrogens is 282 g/mol. The third kappa shape index (κ3) is 2.95. The molecule has 0 aromatic heterocycles. The first-order valence-electron chi connectivity index (χ1n) is 5.74. The second-order valence-electron chi connectivity index (χ2n) is 4.23. The molecule has 1 N–H and O–H groups in total. The Morgan fingerprint density at radius 1 is 1.35 bits per heavy atom. The number of sulfone groups is 1. The molecule has 2 rings (SSSR count). The molecule has 1 aliphatic heterocycles. The monoisotopic (exact) mass is 293 g/mol. The summed E-state index contributed by atoms with van der Waals surface area (Å²) in [4.78, 5) is 23.4. The second kappa shape index (κ2) is 5.30. The second-order valence-corrected chi connectivity index (χ2v) is 6.34. The number of nitriles is 1. The summed E-state index contributed by atoms with van der Waals surface area (Å²) in [5, 5.41) is 10.8. The lowest BCUT2D eigenvalue weighted by atomic mass is 10.2. The predicted molar refractivity (Wildman–Crippen MR) is 68.3 cm³/mol. The highest BCUT2D eigenvalue weighted by Crippen LogP contribution is 2.13. The summed E-state index contributed by atoms with van der Waals surface area (Å²) in [6.45, 7) is -0.205. The summed E-state index contributed by atoms with van der Waals surface area (Å²) in [6, 6.07) is 6.94. The molecule has 20 heavy (non-hydrogen) atoms. The van der Waals surface area contributed by atoms with Gasteiger partial charge >= 0.3 is 6.03 Å². The lowest BCUT2D eigenvalue weighted by molar-refractivity contribution is -0.118. The smallest absolute Gasteiger partial charge is 0.314 e. The van der Waals surface area contributed by atoms with E-state index in [-0.39, 0.29) is 29.3 Å². The maximum Gasteiger partial charge on any atom is 0.324 e. The van der Waals surface area contributed by atoms with Crippen LogP contribution in [0, 0.1) is 11.3 Å². The normalized spacial score (nSPS) is 15.1. The summed E-state index contributed by atoms with van der Waals surface area (Å²) in [7, 11) is -3.61. The lowest BCUT2D eigenvalue weighted by Gasteiger charge is -2.13. The van der Waals surface area contributed by atoms with Gasteiger partial charge < -0.3 is 4.90 Å². The Morgan fingerprint density at radius 3 is 2.70 bits per heavy atom. The molecule has 1 fully saturated rings. The van der Waals surface area contributed by atoms with E-state index in [1.165, 1.54) is 24.3 Å². The van der Waals surface area contributed by atoms with Gasteiger partial charge in [-0.15, -0.1) is 0 Å². The van der Waals surface area contributed by atoms with E-state index in [0.29, 0.717) is 0 Å². The Balaban J connectivity index is 2.10. The van der Waals surface area contributed by atoms with E-state index < -0.39 is 21.8 Å². The lowest BCUT2D eigenvalue weighted by Crippen LogP contribution is -2.32. The van der Waals surface area contributed by atoms with Crippen molar-refractivity contribution in [2.75, 3.05) is 18.8 Å². The molecule has 0 unspecified atom stereocenters. The molecule has 1 aromatic carbocycles. The first-order chi connectivity index (χ1) is 9.42. The number of amides is 3. The van der Waals surface area contributed by atoms with Crippen LogP contribution in [0.1, 0.15) is 5.56 Å². The minimum absolute atomic E-state index is 0.0301. The molecule has 0 radical (unpaired) electrons. The van der Waals surface area contributed by atoms with Gasteiger partial charge in [0.2, 0.25) is 5.91 Å². The fourth-order valence-corrected chi connectivity index (χ4v) is 3.06. The molecule has 0 atom stereocenters. The zero-order chi connectivity index (χ0) is 14.8. The number of nitrogens with zero attached hydrogens (tertiary/aromatic N) is 2. The molecule has 7 nitrogen and oxygen atoms in total. The number of benzene rings is 1. The molecule has 0 saturated carbocycles. The molecule has 8 heteroatoms. The third-order valence-corrected chi connectivity index (χ3v) is 4.51. The van der Waals surface area contributed by atoms with Crippen LogP contribution in [0.3, 0.4) is 0 Å². The van der Waals surface area contributed by atoms with Crippen molar-refractivity contribution in [2.45, 2.75) is 4.90 Å². The van der Waals surface area contributed by atoms with Gasteiger partial charge in [-0.2, -0.15) is 5.26 Å². The number of carbonyl (C=O) groups excluding carboxylic acids is 2. The standard InChI is InChI=1S/C12H11N3O4S/c13-7-9-2-1-3-10(6-9)20(18,19)5-4-15-8-11(16)14-12(15)17/h1-3,6H,4-5,8H2,(H,14,16,17). The van der Waals surface area contributed by atoms with Gasteiger partial charge in [-0.3, -0.25) is 10.1 Å². The average molecular weight is 293 g/mol. The molecule has 1 aliphatic rings. The van der Waals surface area contributed by atoms with E-state index in [2.05, 4.69) is 5.32 Å². The highest BCUT2D eigenvalue weighted by Gasteiger charge is 2.28. The Bertz CT molecular complexity index is 706. The van der Waals surface area contributed by atoms with Gasteiger partial charge in [0, 0.05) is 6.54 Å². The number of rotatable bonds is 4. The molecule has 104 valence electrons. The highest BCUT2D eigenvalue weighted by atomic mass is 32.2. The predicted octanol–water partition coefficient (Wildman–Crippen LogP) is -0.116. The van der Waals surface area contributed by atoms with Crippen LogP contribution in [-0.4, -0.2) is 44.1 Å². The fraction of sp³-hybridized carbons (Fsp3) is 0.250. The van der Waals surface area contributed by atoms with E-state index in [1.54, 1.807) is 0 Å². The maximum atomic E-state index is 12.1. The largest absolute Gasteiger partial charge is 0.324 e. The molecule has 1 heterocycles. The SMILES string of the molecule is N#Cc1cccc(S(=O)(=O)CCN2CC(=O)NC2=O)c1. The molecule has 0 aliphatic carbocycles. The number of imide groups is 1. The first-order valence-corrected chi connectivity index (χ1v) is 7.39. The molecule has 0 spiro atoms. The van der Waals surface area contributed by atoms with Crippen molar-refractivity contribution < 1.29 is 18.0 Å². The Labute approximate surface area is 115 Å². The van der Waals surface area contributed by atoms with Gasteiger partial charge in [-0.25, -0.2) is 13.2 Å². The van der Waals surface area contributed by atoms with Gasteiger partial charge in [0.25, 0.3) is 0 Å². The molecule has 1 saturated heterocycles. The molecule has 0 bridgehead atoms. The zero-order valence-corrected chi connectivity index (χ0v) is 11.2. The Hall–Kier alpha value is -2.40. The number of nitrogens with one attached hydrogen (secondary N) is 1. The fourth-order valence-electron chi connectivity index (χ4n) is 1.77. The number of carbonyl (C=O) groups is 2. The third-order valence-electron chi connectivity index (χ3n) is 2.82. The van der Waals surface area contributed by atoms with Crippen LogP contribution in [0.2, 0.25) is 0 Å². The highest BCUT2D eigenvalue weighted by molar-refractivity contribution is 7.91. The number of urea groups is 1. The quantitative estimate of drug-likeness (QED) is 0.779. The van der Waals surface area contributed by atoms with Gasteiger partial charge in [0.05, 0.1) is 22.3 Å². The summed E-state index contributed by atoms with van der Waals surface area (Å²) in [5.41, 5.74) is 0.250. The summed E-state index contributed by atoms with van der Waals surface area (Å²) < 4.78 is 24.2. The van der Waals surface area contributed by atoms with Crippen LogP contribution in [0.4, 0.5) is 4.79 Å². The first kappa shape index (κ1) is 14.0. The van der Waals surface area contributed by atoms with Gasteiger partial charge in [0.15, 0.2) is 9.84 Å². The van der Waals surface area contributed by atoms with Crippen LogP contribution in [-0.2, 0) is 14.6 Å². The van der Waals surface area contributed by atoms with Crippen LogP contribution in [0.15, 0.2) is 29.2 Å². The van der Waals surface area contributed by atoms with E-state index >= 15 is 0 Å². The summed E-state index contributed by atoms with van der Waals surface area (Å²) in [5.74, 6) is -0.748. The number of hydrogen-bond acceptors (Lipinski definition) is 5. The van der Waals surface area contributed by atoms with Crippen LogP contribution < -0.4 is 5.32 Å². The van der Waals surface area contributed by atoms with Crippen molar-refractivity contribution in [1.29, 1.82) is 5.26 Å². The zero-order valence-electron chi connectivity index (χ0n) is 10.4. The van der Waals surface area contributed by atoms with Crippen molar-refractivity contribution in [1.82, 2.24) is 10.2 Å². The van der Waals surface area contributed by atoms with E-state index in [0.717, 1.165) is 4.90 Å². The van der Waals surface area contributed by atoms with Gasteiger partial charge in [-0.05, 0) is 18.2 Å². The molecule has 1 aromatic rings. The maximum absolute atomic E-state index is 12.1. The van der Waals surface area contributed by atoms with Crippen LogP contribution >= 0.6 is 0 Å². The van der Waals surface area contributed by atoms with E-state index in [9.17, 15) is 18.0 Å². The Morgan fingerprint density at radius 2 is 2.10 bits per heavy atom. The van der Waals surface area contributed by atoms with Crippen molar-refractivity contribution in [3.8, 4) is 6.07 Å². The van der Waals surface area contributed by atoms with Crippen molar-refractivity contribution in [3.63, 3.8) is 0 Å². The summed E-state index contributed by atoms with van der Waals surface area (Å²) >= 11 is 0. The molecular formula is C12H11N3O4S. The van der Waals surface area contributed by atoms with Gasteiger partial charge in [0.1, 0.15) is 6.54 Å². The van der Waals surface area contributed by atoms with Gasteiger partial charge in [-0.1, -0.05) is 6.07 Å². The van der Waals surface area contributed by atoms with Crippen LogP contribution in [0.5, 0.6) is 0 Å². The number of hydrogen-bond donors (Lipinski definition) is 1. The summed E-state index contributed by atoms with van der Waals surface area (Å²) in [6.07, 6.45) is 0.